The van der Waals surface area contributed by atoms with Crippen LogP contribution < -0.4 is 5.32 Å². The van der Waals surface area contributed by atoms with Crippen LogP contribution >= 0.6 is 0 Å². The Balaban J connectivity index is 1.94. The van der Waals surface area contributed by atoms with E-state index >= 15 is 0 Å². The van der Waals surface area contributed by atoms with Crippen molar-refractivity contribution in [3.05, 3.63) is 0 Å². The van der Waals surface area contributed by atoms with Crippen LogP contribution in [0.2, 0.25) is 0 Å². The van der Waals surface area contributed by atoms with Gasteiger partial charge in [-0.3, -0.25) is 4.90 Å². The molecule has 1 N–H and O–H groups in total. The maximum Gasteiger partial charge on any atom is 0.0221 e. The largest absolute Gasteiger partial charge is 0.311 e. The topological polar surface area (TPSA) is 15.3 Å². The summed E-state index contributed by atoms with van der Waals surface area (Å²) in [5, 5.41) is 3.76. The van der Waals surface area contributed by atoms with E-state index in [4.69, 9.17) is 0 Å². The molecule has 19 heavy (non-hydrogen) atoms. The lowest BCUT2D eigenvalue weighted by molar-refractivity contribution is 0.0369. The first-order chi connectivity index (χ1) is 9.05. The summed E-state index contributed by atoms with van der Waals surface area (Å²) < 4.78 is 0. The summed E-state index contributed by atoms with van der Waals surface area (Å²) >= 11 is 0. The summed E-state index contributed by atoms with van der Waals surface area (Å²) in [7, 11) is 0. The molecule has 2 fully saturated rings. The van der Waals surface area contributed by atoms with E-state index in [1.54, 1.807) is 0 Å². The summed E-state index contributed by atoms with van der Waals surface area (Å²) in [6, 6.07) is 2.38. The van der Waals surface area contributed by atoms with Gasteiger partial charge in [0.05, 0.1) is 0 Å². The van der Waals surface area contributed by atoms with Crippen LogP contribution in [0.5, 0.6) is 0 Å². The summed E-state index contributed by atoms with van der Waals surface area (Å²) in [5.41, 5.74) is 0.592. The van der Waals surface area contributed by atoms with Crippen LogP contribution in [-0.2, 0) is 0 Å². The highest BCUT2D eigenvalue weighted by Gasteiger charge is 2.35. The van der Waals surface area contributed by atoms with Crippen molar-refractivity contribution >= 4 is 0 Å². The third-order valence-electron chi connectivity index (χ3n) is 5.43. The lowest BCUT2D eigenvalue weighted by atomic mass is 9.75. The predicted octanol–water partition coefficient (Wildman–Crippen LogP) is 3.81. The van der Waals surface area contributed by atoms with Gasteiger partial charge in [-0.25, -0.2) is 0 Å². The molecule has 0 radical (unpaired) electrons. The summed E-state index contributed by atoms with van der Waals surface area (Å²) in [6.07, 6.45) is 9.61. The number of hydrogen-bond acceptors (Lipinski definition) is 2. The molecule has 0 bridgehead atoms. The van der Waals surface area contributed by atoms with Crippen molar-refractivity contribution in [1.29, 1.82) is 0 Å². The molecule has 2 aliphatic rings. The quantitative estimate of drug-likeness (QED) is 0.832. The minimum absolute atomic E-state index is 0.592. The molecule has 1 saturated heterocycles. The Bertz CT molecular complexity index is 264. The van der Waals surface area contributed by atoms with E-state index in [9.17, 15) is 0 Å². The first kappa shape index (κ1) is 15.3. The van der Waals surface area contributed by atoms with Crippen molar-refractivity contribution < 1.29 is 0 Å². The molecular weight excluding hydrogens is 232 g/mol. The van der Waals surface area contributed by atoms with Crippen molar-refractivity contribution in [3.8, 4) is 0 Å². The molecular formula is C17H34N2. The summed E-state index contributed by atoms with van der Waals surface area (Å²) in [5.74, 6) is 0. The molecule has 2 atom stereocenters. The number of nitrogens with zero attached hydrogens (tertiary/aromatic N) is 1. The summed E-state index contributed by atoms with van der Waals surface area (Å²) in [6.45, 7) is 12.0. The van der Waals surface area contributed by atoms with Gasteiger partial charge in [0, 0.05) is 31.2 Å². The van der Waals surface area contributed by atoms with Gasteiger partial charge in [0.25, 0.3) is 0 Å². The Morgan fingerprint density at radius 2 is 1.84 bits per heavy atom. The van der Waals surface area contributed by atoms with Gasteiger partial charge in [-0.2, -0.15) is 0 Å². The third kappa shape index (κ3) is 3.95. The van der Waals surface area contributed by atoms with E-state index < -0.39 is 0 Å². The van der Waals surface area contributed by atoms with Crippen molar-refractivity contribution in [1.82, 2.24) is 10.2 Å². The van der Waals surface area contributed by atoms with Crippen LogP contribution in [0.1, 0.15) is 72.6 Å². The maximum absolute atomic E-state index is 3.76. The second-order valence-corrected chi connectivity index (χ2v) is 7.55. The zero-order chi connectivity index (χ0) is 13.9. The van der Waals surface area contributed by atoms with Crippen molar-refractivity contribution in [3.63, 3.8) is 0 Å². The molecule has 2 nitrogen and oxygen atoms in total. The second-order valence-electron chi connectivity index (χ2n) is 7.55. The van der Waals surface area contributed by atoms with E-state index in [2.05, 4.69) is 37.9 Å². The lowest BCUT2D eigenvalue weighted by Crippen LogP contribution is -2.59. The van der Waals surface area contributed by atoms with Gasteiger partial charge in [0.15, 0.2) is 0 Å². The van der Waals surface area contributed by atoms with Gasteiger partial charge in [-0.05, 0) is 43.9 Å². The average Bonchev–Trinajstić information content (AvgIpc) is 2.39. The van der Waals surface area contributed by atoms with E-state index in [1.165, 1.54) is 58.0 Å². The van der Waals surface area contributed by atoms with Crippen LogP contribution in [0.4, 0.5) is 0 Å². The smallest absolute Gasteiger partial charge is 0.0221 e. The van der Waals surface area contributed by atoms with E-state index in [0.717, 1.165) is 18.1 Å². The average molecular weight is 266 g/mol. The van der Waals surface area contributed by atoms with Gasteiger partial charge in [-0.15, -0.1) is 0 Å². The van der Waals surface area contributed by atoms with Gasteiger partial charge < -0.3 is 5.32 Å². The van der Waals surface area contributed by atoms with Crippen molar-refractivity contribution in [2.45, 2.75) is 90.8 Å². The fraction of sp³-hybridized carbons (Fsp3) is 1.00. The molecule has 2 heteroatoms. The predicted molar refractivity (Wildman–Crippen MR) is 83.5 cm³/mol. The first-order valence-electron chi connectivity index (χ1n) is 8.55. The Labute approximate surface area is 120 Å². The lowest BCUT2D eigenvalue weighted by Gasteiger charge is -2.48. The minimum Gasteiger partial charge on any atom is -0.311 e. The van der Waals surface area contributed by atoms with E-state index in [0.29, 0.717) is 5.41 Å². The standard InChI is InChI=1S/C17H34N2/c1-5-7-14-13-19(15(6-2)12-18-14)16-8-10-17(3,4)11-9-16/h14-16,18H,5-13H2,1-4H3. The molecule has 1 saturated carbocycles. The van der Waals surface area contributed by atoms with Crippen LogP contribution in [0.15, 0.2) is 0 Å². The molecule has 0 aromatic heterocycles. The molecule has 112 valence electrons. The Kier molecular flexibility index (Phi) is 5.30. The zero-order valence-electron chi connectivity index (χ0n) is 13.5. The van der Waals surface area contributed by atoms with Gasteiger partial charge in [0.1, 0.15) is 0 Å². The van der Waals surface area contributed by atoms with Crippen molar-refractivity contribution in [2.75, 3.05) is 13.1 Å². The molecule has 0 aromatic carbocycles. The molecule has 0 amide bonds. The molecule has 2 unspecified atom stereocenters. The highest BCUT2D eigenvalue weighted by atomic mass is 15.3. The molecule has 0 spiro atoms. The van der Waals surface area contributed by atoms with Gasteiger partial charge >= 0.3 is 0 Å². The first-order valence-corrected chi connectivity index (χ1v) is 8.55. The zero-order valence-corrected chi connectivity index (χ0v) is 13.5. The van der Waals surface area contributed by atoms with Crippen LogP contribution in [-0.4, -0.2) is 36.1 Å². The normalized spacial score (nSPS) is 33.5. The fourth-order valence-corrected chi connectivity index (χ4v) is 3.97. The highest BCUT2D eigenvalue weighted by Crippen LogP contribution is 2.38. The minimum atomic E-state index is 0.592. The molecule has 1 aliphatic carbocycles. The molecule has 2 rings (SSSR count). The monoisotopic (exact) mass is 266 g/mol. The molecule has 0 aromatic rings. The molecule has 1 heterocycles. The van der Waals surface area contributed by atoms with E-state index in [1.807, 2.05) is 0 Å². The SMILES string of the molecule is CCCC1CN(C2CCC(C)(C)CC2)C(CC)CN1. The van der Waals surface area contributed by atoms with E-state index in [-0.39, 0.29) is 0 Å². The van der Waals surface area contributed by atoms with Crippen LogP contribution in [0.25, 0.3) is 0 Å². The van der Waals surface area contributed by atoms with Gasteiger partial charge in [-0.1, -0.05) is 34.1 Å². The Morgan fingerprint density at radius 1 is 1.16 bits per heavy atom. The van der Waals surface area contributed by atoms with Gasteiger partial charge in [0.2, 0.25) is 0 Å². The molecule has 1 aliphatic heterocycles. The van der Waals surface area contributed by atoms with Crippen LogP contribution in [0.3, 0.4) is 0 Å². The fourth-order valence-electron chi connectivity index (χ4n) is 3.97. The van der Waals surface area contributed by atoms with Crippen molar-refractivity contribution in [2.24, 2.45) is 5.41 Å². The number of rotatable bonds is 4. The highest BCUT2D eigenvalue weighted by molar-refractivity contribution is 4.92. The maximum atomic E-state index is 3.76. The summed E-state index contributed by atoms with van der Waals surface area (Å²) in [4.78, 5) is 2.87. The number of piperazine rings is 1. The Hall–Kier alpha value is -0.0800. The van der Waals surface area contributed by atoms with Crippen LogP contribution in [0, 0.1) is 5.41 Å². The third-order valence-corrected chi connectivity index (χ3v) is 5.43. The second kappa shape index (κ2) is 6.58. The number of hydrogen-bond donors (Lipinski definition) is 1. The Morgan fingerprint density at radius 3 is 2.42 bits per heavy atom. The number of nitrogens with one attached hydrogen (secondary N) is 1.